The van der Waals surface area contributed by atoms with Gasteiger partial charge in [0, 0.05) is 6.04 Å². The van der Waals surface area contributed by atoms with E-state index in [-0.39, 0.29) is 0 Å². The van der Waals surface area contributed by atoms with Crippen LogP contribution in [-0.2, 0) is 4.79 Å². The highest BCUT2D eigenvalue weighted by Gasteiger charge is 2.29. The third-order valence-corrected chi connectivity index (χ3v) is 3.94. The van der Waals surface area contributed by atoms with Crippen molar-refractivity contribution in [3.8, 4) is 0 Å². The van der Waals surface area contributed by atoms with Crippen molar-refractivity contribution < 1.29 is 9.90 Å². The van der Waals surface area contributed by atoms with Gasteiger partial charge in [0.15, 0.2) is 0 Å². The van der Waals surface area contributed by atoms with Gasteiger partial charge in [-0.1, -0.05) is 13.8 Å². The number of nitrogens with two attached hydrogens (primary N) is 1. The standard InChI is InChI=1S/C15H30N2O2/c1-12(2)8-11-17(13-6-7-13)10-5-4-9-15(3,16)14(18)19/h12-13H,4-11,16H2,1-3H3,(H,18,19). The van der Waals surface area contributed by atoms with Gasteiger partial charge in [0.25, 0.3) is 0 Å². The van der Waals surface area contributed by atoms with E-state index in [1.807, 2.05) is 0 Å². The summed E-state index contributed by atoms with van der Waals surface area (Å²) in [5, 5.41) is 8.96. The molecule has 1 aliphatic carbocycles. The number of hydrogen-bond donors (Lipinski definition) is 2. The van der Waals surface area contributed by atoms with Gasteiger partial charge in [-0.2, -0.15) is 0 Å². The lowest BCUT2D eigenvalue weighted by atomic mass is 9.96. The molecular weight excluding hydrogens is 240 g/mol. The lowest BCUT2D eigenvalue weighted by molar-refractivity contribution is -0.142. The second kappa shape index (κ2) is 7.25. The molecule has 0 amide bonds. The average Bonchev–Trinajstić information content (AvgIpc) is 3.11. The number of carboxylic acids is 1. The molecule has 0 bridgehead atoms. The summed E-state index contributed by atoms with van der Waals surface area (Å²) in [5.74, 6) is -0.146. The number of unbranched alkanes of at least 4 members (excludes halogenated alkanes) is 1. The molecule has 0 heterocycles. The van der Waals surface area contributed by atoms with E-state index in [4.69, 9.17) is 10.8 Å². The number of carboxylic acid groups (broad SMARTS) is 1. The van der Waals surface area contributed by atoms with Gasteiger partial charge in [-0.15, -0.1) is 0 Å². The highest BCUT2D eigenvalue weighted by Crippen LogP contribution is 2.28. The Hall–Kier alpha value is -0.610. The molecule has 0 saturated heterocycles. The van der Waals surface area contributed by atoms with Crippen LogP contribution in [0.1, 0.15) is 59.3 Å². The Bertz CT molecular complexity index is 286. The monoisotopic (exact) mass is 270 g/mol. The number of carbonyl (C=O) groups is 1. The zero-order chi connectivity index (χ0) is 14.5. The normalized spacial score (nSPS) is 18.8. The van der Waals surface area contributed by atoms with Gasteiger partial charge in [-0.25, -0.2) is 0 Å². The predicted molar refractivity (Wildman–Crippen MR) is 78.1 cm³/mol. The largest absolute Gasteiger partial charge is 0.480 e. The lowest BCUT2D eigenvalue weighted by Gasteiger charge is -2.24. The highest BCUT2D eigenvalue weighted by atomic mass is 16.4. The molecule has 0 aromatic heterocycles. The number of aliphatic carboxylic acids is 1. The van der Waals surface area contributed by atoms with Gasteiger partial charge in [0.2, 0.25) is 0 Å². The van der Waals surface area contributed by atoms with Gasteiger partial charge in [-0.3, -0.25) is 4.79 Å². The van der Waals surface area contributed by atoms with E-state index in [1.54, 1.807) is 6.92 Å². The van der Waals surface area contributed by atoms with Gasteiger partial charge >= 0.3 is 5.97 Å². The van der Waals surface area contributed by atoms with Crippen molar-refractivity contribution in [2.75, 3.05) is 13.1 Å². The molecule has 3 N–H and O–H groups in total. The lowest BCUT2D eigenvalue weighted by Crippen LogP contribution is -2.44. The molecule has 112 valence electrons. The van der Waals surface area contributed by atoms with Crippen LogP contribution in [0.25, 0.3) is 0 Å². The molecule has 1 rings (SSSR count). The molecule has 0 aromatic carbocycles. The summed E-state index contributed by atoms with van der Waals surface area (Å²) >= 11 is 0. The summed E-state index contributed by atoms with van der Waals surface area (Å²) in [7, 11) is 0. The Kier molecular flexibility index (Phi) is 6.27. The van der Waals surface area contributed by atoms with Gasteiger partial charge in [0.05, 0.1) is 0 Å². The Balaban J connectivity index is 2.20. The summed E-state index contributed by atoms with van der Waals surface area (Å²) in [6.07, 6.45) is 6.42. The zero-order valence-corrected chi connectivity index (χ0v) is 12.7. The fourth-order valence-corrected chi connectivity index (χ4v) is 2.25. The number of nitrogens with zero attached hydrogens (tertiary/aromatic N) is 1. The van der Waals surface area contributed by atoms with E-state index in [0.29, 0.717) is 6.42 Å². The third-order valence-electron chi connectivity index (χ3n) is 3.94. The van der Waals surface area contributed by atoms with Crippen LogP contribution in [0.15, 0.2) is 0 Å². The van der Waals surface area contributed by atoms with Crippen LogP contribution >= 0.6 is 0 Å². The van der Waals surface area contributed by atoms with Gasteiger partial charge < -0.3 is 15.7 Å². The first-order valence-corrected chi connectivity index (χ1v) is 7.59. The average molecular weight is 270 g/mol. The van der Waals surface area contributed by atoms with Crippen LogP contribution in [0.3, 0.4) is 0 Å². The zero-order valence-electron chi connectivity index (χ0n) is 12.7. The predicted octanol–water partition coefficient (Wildman–Crippen LogP) is 2.47. The van der Waals surface area contributed by atoms with Crippen LogP contribution in [0.5, 0.6) is 0 Å². The molecule has 1 unspecified atom stereocenters. The third kappa shape index (κ3) is 6.39. The Morgan fingerprint density at radius 3 is 2.47 bits per heavy atom. The maximum atomic E-state index is 10.9. The minimum atomic E-state index is -1.07. The van der Waals surface area contributed by atoms with Crippen LogP contribution in [0.4, 0.5) is 0 Å². The van der Waals surface area contributed by atoms with Crippen LogP contribution in [0, 0.1) is 5.92 Å². The van der Waals surface area contributed by atoms with E-state index >= 15 is 0 Å². The van der Waals surface area contributed by atoms with E-state index in [0.717, 1.165) is 31.3 Å². The molecule has 0 spiro atoms. The molecule has 0 radical (unpaired) electrons. The molecule has 1 aliphatic rings. The Morgan fingerprint density at radius 2 is 2.00 bits per heavy atom. The van der Waals surface area contributed by atoms with Crippen molar-refractivity contribution in [3.63, 3.8) is 0 Å². The van der Waals surface area contributed by atoms with Crippen molar-refractivity contribution in [1.82, 2.24) is 4.90 Å². The summed E-state index contributed by atoms with van der Waals surface area (Å²) in [6.45, 7) is 8.40. The number of hydrogen-bond acceptors (Lipinski definition) is 3. The summed E-state index contributed by atoms with van der Waals surface area (Å²) < 4.78 is 0. The van der Waals surface area contributed by atoms with Crippen LogP contribution < -0.4 is 5.73 Å². The maximum absolute atomic E-state index is 10.9. The first-order chi connectivity index (χ1) is 8.83. The van der Waals surface area contributed by atoms with Crippen molar-refractivity contribution >= 4 is 5.97 Å². The summed E-state index contributed by atoms with van der Waals surface area (Å²) in [4.78, 5) is 13.5. The maximum Gasteiger partial charge on any atom is 0.323 e. The van der Waals surface area contributed by atoms with E-state index < -0.39 is 11.5 Å². The van der Waals surface area contributed by atoms with Crippen molar-refractivity contribution in [2.24, 2.45) is 11.7 Å². The first-order valence-electron chi connectivity index (χ1n) is 7.59. The molecule has 19 heavy (non-hydrogen) atoms. The van der Waals surface area contributed by atoms with E-state index in [2.05, 4.69) is 18.7 Å². The van der Waals surface area contributed by atoms with Crippen LogP contribution in [0.2, 0.25) is 0 Å². The molecule has 1 saturated carbocycles. The first kappa shape index (κ1) is 16.4. The van der Waals surface area contributed by atoms with Crippen molar-refractivity contribution in [2.45, 2.75) is 70.9 Å². The molecule has 1 fully saturated rings. The number of rotatable bonds is 10. The Morgan fingerprint density at radius 1 is 1.37 bits per heavy atom. The second-order valence-electron chi connectivity index (χ2n) is 6.63. The molecule has 1 atom stereocenters. The van der Waals surface area contributed by atoms with Gasteiger partial charge in [0.1, 0.15) is 5.54 Å². The smallest absolute Gasteiger partial charge is 0.323 e. The van der Waals surface area contributed by atoms with Gasteiger partial charge in [-0.05, 0) is 64.5 Å². The summed E-state index contributed by atoms with van der Waals surface area (Å²) in [6, 6.07) is 0.794. The topological polar surface area (TPSA) is 66.6 Å². The quantitative estimate of drug-likeness (QED) is 0.598. The molecule has 0 aromatic rings. The molecule has 0 aliphatic heterocycles. The molecule has 4 heteroatoms. The van der Waals surface area contributed by atoms with Crippen LogP contribution in [-0.4, -0.2) is 40.6 Å². The van der Waals surface area contributed by atoms with E-state index in [9.17, 15) is 4.79 Å². The minimum Gasteiger partial charge on any atom is -0.480 e. The second-order valence-corrected chi connectivity index (χ2v) is 6.63. The fourth-order valence-electron chi connectivity index (χ4n) is 2.25. The SMILES string of the molecule is CC(C)CCN(CCCCC(C)(N)C(=O)O)C1CC1. The molecular formula is C15H30N2O2. The van der Waals surface area contributed by atoms with Crippen molar-refractivity contribution in [3.05, 3.63) is 0 Å². The Labute approximate surface area is 117 Å². The highest BCUT2D eigenvalue weighted by molar-refractivity contribution is 5.77. The van der Waals surface area contributed by atoms with Crippen molar-refractivity contribution in [1.29, 1.82) is 0 Å². The summed E-state index contributed by atoms with van der Waals surface area (Å²) in [5.41, 5.74) is 4.67. The fraction of sp³-hybridized carbons (Fsp3) is 0.933. The minimum absolute atomic E-state index is 0.561. The van der Waals surface area contributed by atoms with E-state index in [1.165, 1.54) is 25.8 Å². The molecule has 4 nitrogen and oxygen atoms in total.